The first kappa shape index (κ1) is 18.4. The zero-order chi connectivity index (χ0) is 18.8. The van der Waals surface area contributed by atoms with Gasteiger partial charge < -0.3 is 15.2 Å². The molecule has 0 heterocycles. The third-order valence-corrected chi connectivity index (χ3v) is 4.97. The highest BCUT2D eigenvalue weighted by molar-refractivity contribution is 9.10. The van der Waals surface area contributed by atoms with Gasteiger partial charge in [0.05, 0.1) is 12.7 Å². The topological polar surface area (TPSA) is 58.6 Å². The van der Waals surface area contributed by atoms with Gasteiger partial charge >= 0.3 is 5.97 Å². The SMILES string of the molecule is COC(=O)c1ccc(C)c(NC(O)c2cc(Br)cc3ccccc23)c1C. The first-order valence-corrected chi connectivity index (χ1v) is 9.03. The van der Waals surface area contributed by atoms with Crippen molar-refractivity contribution in [3.63, 3.8) is 0 Å². The van der Waals surface area contributed by atoms with Gasteiger partial charge in [-0.2, -0.15) is 0 Å². The number of methoxy groups -OCH3 is 1. The fourth-order valence-corrected chi connectivity index (χ4v) is 3.64. The predicted octanol–water partition coefficient (Wildman–Crippen LogP) is 5.11. The highest BCUT2D eigenvalue weighted by atomic mass is 79.9. The van der Waals surface area contributed by atoms with E-state index in [1.165, 1.54) is 7.11 Å². The van der Waals surface area contributed by atoms with E-state index in [0.717, 1.165) is 37.6 Å². The second kappa shape index (κ2) is 7.48. The summed E-state index contributed by atoms with van der Waals surface area (Å²) < 4.78 is 5.73. The van der Waals surface area contributed by atoms with Crippen molar-refractivity contribution in [3.8, 4) is 0 Å². The van der Waals surface area contributed by atoms with Crippen molar-refractivity contribution < 1.29 is 14.6 Å². The van der Waals surface area contributed by atoms with Gasteiger partial charge in [-0.25, -0.2) is 4.79 Å². The normalized spacial score (nSPS) is 12.0. The number of halogens is 1. The maximum absolute atomic E-state index is 12.0. The number of fused-ring (bicyclic) bond motifs is 1. The van der Waals surface area contributed by atoms with Gasteiger partial charge in [-0.1, -0.05) is 46.3 Å². The van der Waals surface area contributed by atoms with Crippen LogP contribution in [0.4, 0.5) is 5.69 Å². The molecule has 0 amide bonds. The van der Waals surface area contributed by atoms with E-state index in [2.05, 4.69) is 21.2 Å². The molecule has 5 heteroatoms. The molecule has 2 N–H and O–H groups in total. The Hall–Kier alpha value is -2.37. The molecule has 0 bridgehead atoms. The highest BCUT2D eigenvalue weighted by Gasteiger charge is 2.18. The van der Waals surface area contributed by atoms with Gasteiger partial charge in [0, 0.05) is 15.7 Å². The monoisotopic (exact) mass is 413 g/mol. The van der Waals surface area contributed by atoms with Crippen LogP contribution in [0.25, 0.3) is 10.8 Å². The summed E-state index contributed by atoms with van der Waals surface area (Å²) in [5.74, 6) is -0.395. The van der Waals surface area contributed by atoms with E-state index in [9.17, 15) is 9.90 Å². The molecule has 0 aliphatic rings. The Morgan fingerprint density at radius 1 is 1.15 bits per heavy atom. The fraction of sp³-hybridized carbons (Fsp3) is 0.190. The molecule has 3 aromatic carbocycles. The Bertz CT molecular complexity index is 984. The van der Waals surface area contributed by atoms with Crippen LogP contribution >= 0.6 is 15.9 Å². The lowest BCUT2D eigenvalue weighted by molar-refractivity contribution is 0.0600. The molecule has 1 unspecified atom stereocenters. The first-order chi connectivity index (χ1) is 12.4. The van der Waals surface area contributed by atoms with E-state index >= 15 is 0 Å². The van der Waals surface area contributed by atoms with Gasteiger partial charge in [-0.15, -0.1) is 0 Å². The summed E-state index contributed by atoms with van der Waals surface area (Å²) in [6.07, 6.45) is -0.928. The summed E-state index contributed by atoms with van der Waals surface area (Å²) in [5, 5.41) is 16.0. The van der Waals surface area contributed by atoms with Crippen LogP contribution in [0.15, 0.2) is 53.0 Å². The van der Waals surface area contributed by atoms with Crippen molar-refractivity contribution in [1.82, 2.24) is 0 Å². The molecule has 0 saturated carbocycles. The lowest BCUT2D eigenvalue weighted by Gasteiger charge is -2.21. The molecule has 3 aromatic rings. The lowest BCUT2D eigenvalue weighted by Crippen LogP contribution is -2.14. The van der Waals surface area contributed by atoms with E-state index in [1.807, 2.05) is 56.3 Å². The summed E-state index contributed by atoms with van der Waals surface area (Å²) >= 11 is 3.51. The number of carbonyl (C=O) groups excluding carboxylic acids is 1. The predicted molar refractivity (Wildman–Crippen MR) is 107 cm³/mol. The molecule has 0 saturated heterocycles. The van der Waals surface area contributed by atoms with Crippen molar-refractivity contribution in [2.75, 3.05) is 12.4 Å². The van der Waals surface area contributed by atoms with Crippen molar-refractivity contribution in [2.24, 2.45) is 0 Å². The number of anilines is 1. The number of aryl methyl sites for hydroxylation is 1. The molecular weight excluding hydrogens is 394 g/mol. The average Bonchev–Trinajstić information content (AvgIpc) is 2.63. The van der Waals surface area contributed by atoms with Gasteiger partial charge in [0.2, 0.25) is 0 Å². The molecule has 0 aliphatic carbocycles. The summed E-state index contributed by atoms with van der Waals surface area (Å²) in [6.45, 7) is 3.77. The van der Waals surface area contributed by atoms with Crippen molar-refractivity contribution >= 4 is 38.4 Å². The second-order valence-corrected chi connectivity index (χ2v) is 7.10. The largest absolute Gasteiger partial charge is 0.465 e. The summed E-state index contributed by atoms with van der Waals surface area (Å²) in [7, 11) is 1.36. The maximum atomic E-state index is 12.0. The molecular formula is C21H20BrNO3. The summed E-state index contributed by atoms with van der Waals surface area (Å²) in [5.41, 5.74) is 3.65. The molecule has 4 nitrogen and oxygen atoms in total. The third kappa shape index (κ3) is 3.45. The van der Waals surface area contributed by atoms with Crippen LogP contribution in [-0.4, -0.2) is 18.2 Å². The number of rotatable bonds is 4. The van der Waals surface area contributed by atoms with E-state index in [4.69, 9.17) is 4.74 Å². The van der Waals surface area contributed by atoms with Crippen LogP contribution in [0.3, 0.4) is 0 Å². The molecule has 0 spiro atoms. The minimum Gasteiger partial charge on any atom is -0.465 e. The Labute approximate surface area is 160 Å². The van der Waals surface area contributed by atoms with E-state index in [-0.39, 0.29) is 0 Å². The Morgan fingerprint density at radius 2 is 1.88 bits per heavy atom. The number of ether oxygens (including phenoxy) is 1. The van der Waals surface area contributed by atoms with Gasteiger partial charge in [-0.05, 0) is 53.9 Å². The van der Waals surface area contributed by atoms with Crippen LogP contribution in [0.1, 0.15) is 33.3 Å². The molecule has 134 valence electrons. The summed E-state index contributed by atoms with van der Waals surface area (Å²) in [6, 6.07) is 15.4. The standard InChI is InChI=1S/C21H20BrNO3/c1-12-8-9-16(21(25)26-3)13(2)19(12)23-20(24)18-11-15(22)10-14-6-4-5-7-17(14)18/h4-11,20,23-24H,1-3H3. The molecule has 0 radical (unpaired) electrons. The van der Waals surface area contributed by atoms with Gasteiger partial charge in [0.25, 0.3) is 0 Å². The highest BCUT2D eigenvalue weighted by Crippen LogP contribution is 2.32. The van der Waals surface area contributed by atoms with Crippen LogP contribution in [0.5, 0.6) is 0 Å². The first-order valence-electron chi connectivity index (χ1n) is 8.23. The quantitative estimate of drug-likeness (QED) is 0.460. The van der Waals surface area contributed by atoms with Gasteiger partial charge in [0.1, 0.15) is 0 Å². The molecule has 1 atom stereocenters. The Morgan fingerprint density at radius 3 is 2.62 bits per heavy atom. The lowest BCUT2D eigenvalue weighted by atomic mass is 10.0. The fourth-order valence-electron chi connectivity index (χ4n) is 3.14. The number of esters is 1. The molecule has 26 heavy (non-hydrogen) atoms. The number of aliphatic hydroxyl groups excluding tert-OH is 1. The number of carbonyl (C=O) groups is 1. The van der Waals surface area contributed by atoms with Crippen molar-refractivity contribution in [2.45, 2.75) is 20.1 Å². The van der Waals surface area contributed by atoms with Crippen LogP contribution in [0.2, 0.25) is 0 Å². The zero-order valence-corrected chi connectivity index (χ0v) is 16.4. The van der Waals surface area contributed by atoms with Crippen LogP contribution in [0, 0.1) is 13.8 Å². The Balaban J connectivity index is 2.04. The van der Waals surface area contributed by atoms with E-state index in [0.29, 0.717) is 5.56 Å². The zero-order valence-electron chi connectivity index (χ0n) is 14.8. The number of hydrogen-bond acceptors (Lipinski definition) is 4. The maximum Gasteiger partial charge on any atom is 0.338 e. The smallest absolute Gasteiger partial charge is 0.338 e. The van der Waals surface area contributed by atoms with E-state index in [1.54, 1.807) is 6.07 Å². The van der Waals surface area contributed by atoms with E-state index < -0.39 is 12.2 Å². The van der Waals surface area contributed by atoms with Crippen LogP contribution in [-0.2, 0) is 4.74 Å². The number of nitrogens with one attached hydrogen (secondary N) is 1. The molecule has 3 rings (SSSR count). The minimum atomic E-state index is -0.928. The number of hydrogen-bond donors (Lipinski definition) is 2. The molecule has 0 aliphatic heterocycles. The second-order valence-electron chi connectivity index (χ2n) is 6.18. The van der Waals surface area contributed by atoms with Gasteiger partial charge in [0.15, 0.2) is 6.23 Å². The average molecular weight is 414 g/mol. The van der Waals surface area contributed by atoms with Crippen molar-refractivity contribution in [1.29, 1.82) is 0 Å². The minimum absolute atomic E-state index is 0.395. The number of benzene rings is 3. The number of aliphatic hydroxyl groups is 1. The third-order valence-electron chi connectivity index (χ3n) is 4.51. The van der Waals surface area contributed by atoms with Crippen LogP contribution < -0.4 is 5.32 Å². The Kier molecular flexibility index (Phi) is 5.30. The molecule has 0 aromatic heterocycles. The van der Waals surface area contributed by atoms with Gasteiger partial charge in [-0.3, -0.25) is 0 Å². The molecule has 0 fully saturated rings. The summed E-state index contributed by atoms with van der Waals surface area (Å²) in [4.78, 5) is 12.0. The van der Waals surface area contributed by atoms with Crippen molar-refractivity contribution in [3.05, 3.63) is 75.3 Å².